The number of thioether (sulfide) groups is 1. The van der Waals surface area contributed by atoms with Gasteiger partial charge in [-0.2, -0.15) is 15.0 Å². The van der Waals surface area contributed by atoms with Crippen molar-refractivity contribution in [3.05, 3.63) is 36.1 Å². The van der Waals surface area contributed by atoms with Crippen LogP contribution < -0.4 is 11.1 Å². The lowest BCUT2D eigenvalue weighted by Crippen LogP contribution is -2.11. The summed E-state index contributed by atoms with van der Waals surface area (Å²) in [4.78, 5) is 12.6. The Balaban J connectivity index is 1.82. The summed E-state index contributed by atoms with van der Waals surface area (Å²) in [6.45, 7) is 4.03. The molecule has 114 valence electrons. The van der Waals surface area contributed by atoms with Crippen molar-refractivity contribution in [2.75, 3.05) is 16.8 Å². The van der Waals surface area contributed by atoms with E-state index >= 15 is 0 Å². The van der Waals surface area contributed by atoms with Crippen LogP contribution in [0.5, 0.6) is 0 Å². The van der Waals surface area contributed by atoms with Crippen molar-refractivity contribution in [3.63, 3.8) is 0 Å². The Kier molecular flexibility index (Phi) is 4.15. The van der Waals surface area contributed by atoms with E-state index < -0.39 is 0 Å². The second-order valence-corrected chi connectivity index (χ2v) is 6.02. The predicted octanol–water partition coefficient (Wildman–Crippen LogP) is 3.49. The van der Waals surface area contributed by atoms with Crippen molar-refractivity contribution in [2.24, 2.45) is 0 Å². The van der Waals surface area contributed by atoms with Crippen LogP contribution >= 0.6 is 11.8 Å². The molecule has 3 rings (SSSR count). The fourth-order valence-electron chi connectivity index (χ4n) is 2.11. The van der Waals surface area contributed by atoms with E-state index in [0.717, 1.165) is 22.5 Å². The molecule has 0 radical (unpaired) electrons. The molecule has 3 aromatic rings. The summed E-state index contributed by atoms with van der Waals surface area (Å²) in [6, 6.07) is 9.84. The van der Waals surface area contributed by atoms with Crippen LogP contribution in [0.25, 0.3) is 11.0 Å². The summed E-state index contributed by atoms with van der Waals surface area (Å²) < 4.78 is 5.84. The maximum Gasteiger partial charge on any atom is 0.229 e. The third-order valence-electron chi connectivity index (χ3n) is 3.12. The molecule has 0 spiro atoms. The quantitative estimate of drug-likeness (QED) is 0.696. The first kappa shape index (κ1) is 14.6. The van der Waals surface area contributed by atoms with E-state index in [-0.39, 0.29) is 12.0 Å². The number of furan rings is 1. The zero-order chi connectivity index (χ0) is 15.5. The normalized spacial score (nSPS) is 12.5. The largest absolute Gasteiger partial charge is 0.459 e. The lowest BCUT2D eigenvalue weighted by Gasteiger charge is -2.11. The highest BCUT2D eigenvalue weighted by molar-refractivity contribution is 7.99. The number of nitrogens with zero attached hydrogens (tertiary/aromatic N) is 3. The molecule has 2 aromatic heterocycles. The molecule has 0 saturated heterocycles. The number of hydrogen-bond acceptors (Lipinski definition) is 7. The molecule has 0 amide bonds. The Morgan fingerprint density at radius 3 is 2.86 bits per heavy atom. The van der Waals surface area contributed by atoms with E-state index in [0.29, 0.717) is 11.1 Å². The van der Waals surface area contributed by atoms with Crippen LogP contribution in [0.3, 0.4) is 0 Å². The number of nitrogens with two attached hydrogens (primary N) is 1. The highest BCUT2D eigenvalue weighted by atomic mass is 32.2. The first-order chi connectivity index (χ1) is 10.7. The molecular formula is C15H17N5OS. The third-order valence-corrected chi connectivity index (χ3v) is 3.85. The van der Waals surface area contributed by atoms with Gasteiger partial charge in [0.15, 0.2) is 5.16 Å². The maximum atomic E-state index is 5.84. The molecule has 0 aliphatic heterocycles. The van der Waals surface area contributed by atoms with E-state index in [1.165, 1.54) is 11.8 Å². The van der Waals surface area contributed by atoms with E-state index in [9.17, 15) is 0 Å². The molecule has 7 heteroatoms. The average Bonchev–Trinajstić information content (AvgIpc) is 2.91. The van der Waals surface area contributed by atoms with Crippen LogP contribution in [0.15, 0.2) is 39.9 Å². The zero-order valence-electron chi connectivity index (χ0n) is 12.4. The van der Waals surface area contributed by atoms with Gasteiger partial charge in [0.05, 0.1) is 6.04 Å². The van der Waals surface area contributed by atoms with Crippen LogP contribution in [0.2, 0.25) is 0 Å². The van der Waals surface area contributed by atoms with E-state index in [2.05, 4.69) is 20.3 Å². The number of para-hydroxylation sites is 1. The number of nitrogen functional groups attached to an aromatic ring is 1. The molecule has 0 aliphatic carbocycles. The fourth-order valence-corrected chi connectivity index (χ4v) is 2.68. The molecule has 2 heterocycles. The molecule has 6 nitrogen and oxygen atoms in total. The van der Waals surface area contributed by atoms with Crippen LogP contribution in [0, 0.1) is 0 Å². The number of hydrogen-bond donors (Lipinski definition) is 2. The van der Waals surface area contributed by atoms with E-state index in [4.69, 9.17) is 10.2 Å². The van der Waals surface area contributed by atoms with Crippen molar-refractivity contribution >= 4 is 34.6 Å². The Hall–Kier alpha value is -2.28. The highest BCUT2D eigenvalue weighted by Crippen LogP contribution is 2.25. The minimum Gasteiger partial charge on any atom is -0.459 e. The van der Waals surface area contributed by atoms with Crippen LogP contribution in [-0.2, 0) is 0 Å². The van der Waals surface area contributed by atoms with Crippen LogP contribution in [0.4, 0.5) is 11.9 Å². The molecule has 0 aliphatic rings. The molecule has 3 N–H and O–H groups in total. The number of aromatic nitrogens is 3. The lowest BCUT2D eigenvalue weighted by atomic mass is 10.2. The van der Waals surface area contributed by atoms with Gasteiger partial charge in [-0.15, -0.1) is 0 Å². The SMILES string of the molecule is CCSc1nc(N)nc(NC(C)c2cc3ccccc3o2)n1. The lowest BCUT2D eigenvalue weighted by molar-refractivity contribution is 0.524. The van der Waals surface area contributed by atoms with Crippen molar-refractivity contribution in [1.82, 2.24) is 15.0 Å². The summed E-state index contributed by atoms with van der Waals surface area (Å²) in [5.74, 6) is 2.37. The molecule has 1 aromatic carbocycles. The monoisotopic (exact) mass is 315 g/mol. The number of nitrogens with one attached hydrogen (secondary N) is 1. The van der Waals surface area contributed by atoms with Crippen molar-refractivity contribution in [3.8, 4) is 0 Å². The minimum atomic E-state index is -0.0753. The van der Waals surface area contributed by atoms with Gasteiger partial charge < -0.3 is 15.5 Å². The van der Waals surface area contributed by atoms with E-state index in [1.807, 2.05) is 44.2 Å². The number of benzene rings is 1. The van der Waals surface area contributed by atoms with E-state index in [1.54, 1.807) is 0 Å². The second-order valence-electron chi connectivity index (χ2n) is 4.79. The van der Waals surface area contributed by atoms with Gasteiger partial charge in [-0.3, -0.25) is 0 Å². The molecule has 0 fully saturated rings. The second kappa shape index (κ2) is 6.23. The molecule has 1 atom stereocenters. The number of fused-ring (bicyclic) bond motifs is 1. The topological polar surface area (TPSA) is 89.9 Å². The summed E-state index contributed by atoms with van der Waals surface area (Å²) in [5.41, 5.74) is 6.59. The first-order valence-electron chi connectivity index (χ1n) is 7.05. The summed E-state index contributed by atoms with van der Waals surface area (Å²) >= 11 is 1.52. The average molecular weight is 315 g/mol. The molecule has 1 unspecified atom stereocenters. The molecule has 22 heavy (non-hydrogen) atoms. The van der Waals surface area contributed by atoms with Crippen LogP contribution in [0.1, 0.15) is 25.6 Å². The fraction of sp³-hybridized carbons (Fsp3) is 0.267. The molecule has 0 saturated carbocycles. The Labute approximate surface area is 132 Å². The highest BCUT2D eigenvalue weighted by Gasteiger charge is 2.13. The minimum absolute atomic E-state index is 0.0753. The maximum absolute atomic E-state index is 5.84. The van der Waals surface area contributed by atoms with Gasteiger partial charge in [0, 0.05) is 5.39 Å². The first-order valence-corrected chi connectivity index (χ1v) is 8.03. The van der Waals surface area contributed by atoms with Crippen molar-refractivity contribution in [1.29, 1.82) is 0 Å². The predicted molar refractivity (Wildman–Crippen MR) is 88.9 cm³/mol. The van der Waals surface area contributed by atoms with Crippen LogP contribution in [-0.4, -0.2) is 20.7 Å². The summed E-state index contributed by atoms with van der Waals surface area (Å²) in [6.07, 6.45) is 0. The van der Waals surface area contributed by atoms with Gasteiger partial charge in [-0.05, 0) is 24.8 Å². The molecular weight excluding hydrogens is 298 g/mol. The van der Waals surface area contributed by atoms with Gasteiger partial charge in [-0.1, -0.05) is 36.9 Å². The van der Waals surface area contributed by atoms with Gasteiger partial charge >= 0.3 is 0 Å². The number of rotatable bonds is 5. The Morgan fingerprint density at radius 2 is 2.09 bits per heavy atom. The van der Waals surface area contributed by atoms with Crippen molar-refractivity contribution < 1.29 is 4.42 Å². The number of anilines is 2. The third kappa shape index (κ3) is 3.14. The zero-order valence-corrected chi connectivity index (χ0v) is 13.2. The van der Waals surface area contributed by atoms with Gasteiger partial charge in [0.2, 0.25) is 11.9 Å². The summed E-state index contributed by atoms with van der Waals surface area (Å²) in [5, 5.41) is 4.90. The van der Waals surface area contributed by atoms with Gasteiger partial charge in [0.1, 0.15) is 11.3 Å². The van der Waals surface area contributed by atoms with Crippen molar-refractivity contribution in [2.45, 2.75) is 25.0 Å². The standard InChI is InChI=1S/C15H17N5OS/c1-3-22-15-19-13(16)18-14(20-15)17-9(2)12-8-10-6-4-5-7-11(10)21-12/h4-9H,3H2,1-2H3,(H3,16,17,18,19,20). The molecule has 0 bridgehead atoms. The Morgan fingerprint density at radius 1 is 1.27 bits per heavy atom. The van der Waals surface area contributed by atoms with Gasteiger partial charge in [-0.25, -0.2) is 0 Å². The Bertz CT molecular complexity index is 755. The summed E-state index contributed by atoms with van der Waals surface area (Å²) in [7, 11) is 0. The van der Waals surface area contributed by atoms with Gasteiger partial charge in [0.25, 0.3) is 0 Å². The smallest absolute Gasteiger partial charge is 0.229 e.